The fraction of sp³-hybridized carbons (Fsp3) is 0.143. The third-order valence-corrected chi connectivity index (χ3v) is 5.12. The first-order valence-electron chi connectivity index (χ1n) is 8.56. The molecule has 0 saturated heterocycles. The maximum absolute atomic E-state index is 12.8. The van der Waals surface area contributed by atoms with Crippen LogP contribution in [0.4, 0.5) is 0 Å². The zero-order chi connectivity index (χ0) is 17.9. The predicted molar refractivity (Wildman–Crippen MR) is 107 cm³/mol. The van der Waals surface area contributed by atoms with Crippen LogP contribution in [0.5, 0.6) is 0 Å². The molecule has 4 rings (SSSR count). The Morgan fingerprint density at radius 2 is 1.81 bits per heavy atom. The van der Waals surface area contributed by atoms with Crippen LogP contribution >= 0.6 is 15.9 Å². The number of amides is 1. The number of nitrogens with zero attached hydrogens (tertiary/aromatic N) is 2. The molecule has 0 fully saturated rings. The van der Waals surface area contributed by atoms with Gasteiger partial charge < -0.3 is 4.90 Å². The Morgan fingerprint density at radius 1 is 1.04 bits per heavy atom. The van der Waals surface area contributed by atoms with Gasteiger partial charge in [-0.15, -0.1) is 0 Å². The molecule has 1 N–H and O–H groups in total. The Kier molecular flexibility index (Phi) is 4.71. The molecule has 1 aliphatic heterocycles. The second-order valence-electron chi connectivity index (χ2n) is 6.27. The molecule has 3 aromatic rings. The summed E-state index contributed by atoms with van der Waals surface area (Å²) >= 11 is 3.43. The molecule has 0 radical (unpaired) electrons. The molecule has 1 aliphatic rings. The van der Waals surface area contributed by atoms with Crippen molar-refractivity contribution in [1.82, 2.24) is 15.1 Å². The fourth-order valence-corrected chi connectivity index (χ4v) is 3.40. The van der Waals surface area contributed by atoms with Gasteiger partial charge in [-0.3, -0.25) is 9.89 Å². The summed E-state index contributed by atoms with van der Waals surface area (Å²) in [6.07, 6.45) is 3.01. The maximum Gasteiger partial charge on any atom is 0.272 e. The third-order valence-electron chi connectivity index (χ3n) is 4.59. The lowest BCUT2D eigenvalue weighted by Crippen LogP contribution is -2.34. The largest absolute Gasteiger partial charge is 0.333 e. The number of hydrogen-bond donors (Lipinski definition) is 1. The average molecular weight is 408 g/mol. The van der Waals surface area contributed by atoms with Crippen molar-refractivity contribution in [2.75, 3.05) is 13.1 Å². The molecule has 1 aromatic heterocycles. The van der Waals surface area contributed by atoms with E-state index in [1.165, 1.54) is 11.1 Å². The molecule has 0 atom stereocenters. The Morgan fingerprint density at radius 3 is 2.50 bits per heavy atom. The van der Waals surface area contributed by atoms with Crippen LogP contribution in [0.25, 0.3) is 16.8 Å². The molecule has 2 aromatic carbocycles. The van der Waals surface area contributed by atoms with Crippen LogP contribution in [0.3, 0.4) is 0 Å². The highest BCUT2D eigenvalue weighted by atomic mass is 79.9. The number of aromatic amines is 1. The van der Waals surface area contributed by atoms with Gasteiger partial charge in [0.1, 0.15) is 5.69 Å². The molecule has 0 saturated carbocycles. The average Bonchev–Trinajstić information content (AvgIpc) is 3.19. The summed E-state index contributed by atoms with van der Waals surface area (Å²) in [6.45, 7) is 1.34. The predicted octanol–water partition coefficient (Wildman–Crippen LogP) is 4.77. The molecule has 0 spiro atoms. The van der Waals surface area contributed by atoms with E-state index in [9.17, 15) is 4.79 Å². The van der Waals surface area contributed by atoms with Gasteiger partial charge in [0.15, 0.2) is 0 Å². The first-order chi connectivity index (χ1) is 12.7. The number of aromatic nitrogens is 2. The summed E-state index contributed by atoms with van der Waals surface area (Å²) in [6, 6.07) is 20.0. The van der Waals surface area contributed by atoms with Gasteiger partial charge in [-0.25, -0.2) is 0 Å². The van der Waals surface area contributed by atoms with E-state index < -0.39 is 0 Å². The topological polar surface area (TPSA) is 49.0 Å². The standard InChI is InChI=1S/C21H18BrN3O/c22-18-8-6-17(7-9-18)19-14-20(24-23-19)21(26)25-12-10-16(11-13-25)15-4-2-1-3-5-15/h1-10,14H,11-13H2,(H,23,24). The van der Waals surface area contributed by atoms with Crippen molar-refractivity contribution in [3.05, 3.63) is 82.5 Å². The molecular weight excluding hydrogens is 390 g/mol. The van der Waals surface area contributed by atoms with Crippen molar-refractivity contribution in [1.29, 1.82) is 0 Å². The van der Waals surface area contributed by atoms with E-state index in [-0.39, 0.29) is 5.91 Å². The number of benzene rings is 2. The van der Waals surface area contributed by atoms with E-state index in [1.54, 1.807) is 0 Å². The molecule has 26 heavy (non-hydrogen) atoms. The molecule has 4 nitrogen and oxygen atoms in total. The van der Waals surface area contributed by atoms with Crippen LogP contribution < -0.4 is 0 Å². The summed E-state index contributed by atoms with van der Waals surface area (Å²) < 4.78 is 1.02. The normalized spacial score (nSPS) is 14.2. The van der Waals surface area contributed by atoms with E-state index in [0.717, 1.165) is 22.2 Å². The lowest BCUT2D eigenvalue weighted by atomic mass is 9.99. The fourth-order valence-electron chi connectivity index (χ4n) is 3.14. The summed E-state index contributed by atoms with van der Waals surface area (Å²) in [4.78, 5) is 14.6. The first kappa shape index (κ1) is 16.8. The van der Waals surface area contributed by atoms with E-state index in [4.69, 9.17) is 0 Å². The van der Waals surface area contributed by atoms with Crippen LogP contribution in [0, 0.1) is 0 Å². The second kappa shape index (κ2) is 7.30. The van der Waals surface area contributed by atoms with Crippen molar-refractivity contribution in [2.24, 2.45) is 0 Å². The zero-order valence-corrected chi connectivity index (χ0v) is 15.7. The van der Waals surface area contributed by atoms with Crippen LogP contribution in [0.1, 0.15) is 22.5 Å². The van der Waals surface area contributed by atoms with E-state index in [1.807, 2.05) is 53.4 Å². The molecule has 0 bridgehead atoms. The quantitative estimate of drug-likeness (QED) is 0.679. The summed E-state index contributed by atoms with van der Waals surface area (Å²) in [5.41, 5.74) is 4.82. The number of halogens is 1. The number of carbonyl (C=O) groups is 1. The van der Waals surface area contributed by atoms with Gasteiger partial charge in [-0.1, -0.05) is 64.5 Å². The van der Waals surface area contributed by atoms with Crippen molar-refractivity contribution in [3.8, 4) is 11.3 Å². The minimum absolute atomic E-state index is 0.00998. The Labute approximate surface area is 160 Å². The molecule has 0 unspecified atom stereocenters. The van der Waals surface area contributed by atoms with Crippen LogP contribution in [-0.2, 0) is 0 Å². The number of rotatable bonds is 3. The highest BCUT2D eigenvalue weighted by Crippen LogP contribution is 2.24. The van der Waals surface area contributed by atoms with Gasteiger partial charge in [0.05, 0.1) is 5.69 Å². The maximum atomic E-state index is 12.8. The van der Waals surface area contributed by atoms with Crippen LogP contribution in [0.2, 0.25) is 0 Å². The van der Waals surface area contributed by atoms with E-state index in [2.05, 4.69) is 44.3 Å². The van der Waals surface area contributed by atoms with Crippen molar-refractivity contribution < 1.29 is 4.79 Å². The van der Waals surface area contributed by atoms with Gasteiger partial charge in [0.2, 0.25) is 0 Å². The van der Waals surface area contributed by atoms with Gasteiger partial charge in [-0.2, -0.15) is 5.10 Å². The number of hydrogen-bond acceptors (Lipinski definition) is 2. The van der Waals surface area contributed by atoms with Gasteiger partial charge >= 0.3 is 0 Å². The molecule has 5 heteroatoms. The van der Waals surface area contributed by atoms with E-state index in [0.29, 0.717) is 18.8 Å². The SMILES string of the molecule is O=C(c1cc(-c2ccc(Br)cc2)n[nH]1)N1CC=C(c2ccccc2)CC1. The second-order valence-corrected chi connectivity index (χ2v) is 7.19. The van der Waals surface area contributed by atoms with Crippen LogP contribution in [0.15, 0.2) is 71.2 Å². The molecule has 1 amide bonds. The highest BCUT2D eigenvalue weighted by Gasteiger charge is 2.21. The van der Waals surface area contributed by atoms with Crippen molar-refractivity contribution in [3.63, 3.8) is 0 Å². The van der Waals surface area contributed by atoms with Crippen molar-refractivity contribution in [2.45, 2.75) is 6.42 Å². The van der Waals surface area contributed by atoms with Crippen molar-refractivity contribution >= 4 is 27.4 Å². The summed E-state index contributed by atoms with van der Waals surface area (Å²) in [7, 11) is 0. The lowest BCUT2D eigenvalue weighted by Gasteiger charge is -2.26. The summed E-state index contributed by atoms with van der Waals surface area (Å²) in [5, 5.41) is 7.18. The van der Waals surface area contributed by atoms with Gasteiger partial charge in [0, 0.05) is 23.1 Å². The first-order valence-corrected chi connectivity index (χ1v) is 9.35. The molecule has 0 aliphatic carbocycles. The minimum Gasteiger partial charge on any atom is -0.333 e. The Balaban J connectivity index is 1.47. The molecular formula is C21H18BrN3O. The third kappa shape index (κ3) is 3.48. The van der Waals surface area contributed by atoms with Gasteiger partial charge in [0.25, 0.3) is 5.91 Å². The van der Waals surface area contributed by atoms with Gasteiger partial charge in [-0.05, 0) is 35.8 Å². The molecule has 130 valence electrons. The monoisotopic (exact) mass is 407 g/mol. The number of nitrogens with one attached hydrogen (secondary N) is 1. The Hall–Kier alpha value is -2.66. The lowest BCUT2D eigenvalue weighted by molar-refractivity contribution is 0.0767. The minimum atomic E-state index is -0.00998. The van der Waals surface area contributed by atoms with Crippen LogP contribution in [-0.4, -0.2) is 34.1 Å². The summed E-state index contributed by atoms with van der Waals surface area (Å²) in [5.74, 6) is -0.00998. The molecule has 2 heterocycles. The smallest absolute Gasteiger partial charge is 0.272 e. The number of H-pyrrole nitrogens is 1. The highest BCUT2D eigenvalue weighted by molar-refractivity contribution is 9.10. The Bertz CT molecular complexity index is 945. The van der Waals surface area contributed by atoms with E-state index >= 15 is 0 Å². The number of carbonyl (C=O) groups excluding carboxylic acids is 1. The zero-order valence-electron chi connectivity index (χ0n) is 14.2.